The summed E-state index contributed by atoms with van der Waals surface area (Å²) in [7, 11) is 0. The largest absolute Gasteiger partial charge is 0.388 e. The molecule has 86 valence electrons. The highest BCUT2D eigenvalue weighted by Crippen LogP contribution is 2.18. The van der Waals surface area contributed by atoms with Crippen molar-refractivity contribution in [1.82, 2.24) is 0 Å². The minimum absolute atomic E-state index is 0.0399. The summed E-state index contributed by atoms with van der Waals surface area (Å²) in [5, 5.41) is 9.93. The fraction of sp³-hybridized carbons (Fsp3) is 0.133. The lowest BCUT2D eigenvalue weighted by molar-refractivity contribution is 0.0880. The van der Waals surface area contributed by atoms with Gasteiger partial charge in [0.2, 0.25) is 0 Å². The van der Waals surface area contributed by atoms with Gasteiger partial charge in [0, 0.05) is 12.0 Å². The third-order valence-corrected chi connectivity index (χ3v) is 2.66. The van der Waals surface area contributed by atoms with Gasteiger partial charge in [0.05, 0.1) is 6.10 Å². The summed E-state index contributed by atoms with van der Waals surface area (Å²) in [6.07, 6.45) is -0.613. The van der Waals surface area contributed by atoms with Gasteiger partial charge in [0.25, 0.3) is 0 Å². The van der Waals surface area contributed by atoms with Crippen LogP contribution < -0.4 is 0 Å². The highest BCUT2D eigenvalue weighted by molar-refractivity contribution is 5.96. The van der Waals surface area contributed by atoms with Gasteiger partial charge in [-0.25, -0.2) is 0 Å². The predicted molar refractivity (Wildman–Crippen MR) is 66.8 cm³/mol. The van der Waals surface area contributed by atoms with E-state index in [1.165, 1.54) is 0 Å². The normalized spacial score (nSPS) is 12.1. The zero-order chi connectivity index (χ0) is 12.1. The van der Waals surface area contributed by atoms with Crippen molar-refractivity contribution in [2.24, 2.45) is 0 Å². The quantitative estimate of drug-likeness (QED) is 0.814. The third-order valence-electron chi connectivity index (χ3n) is 2.66. The molecule has 0 saturated carbocycles. The van der Waals surface area contributed by atoms with Crippen LogP contribution in [0.1, 0.15) is 28.4 Å². The maximum Gasteiger partial charge on any atom is 0.165 e. The van der Waals surface area contributed by atoms with Crippen molar-refractivity contribution in [1.29, 1.82) is 0 Å². The number of Topliss-reactive ketones (excluding diaryl/α,β-unsaturated/α-hetero) is 1. The highest BCUT2D eigenvalue weighted by atomic mass is 16.3. The minimum Gasteiger partial charge on any atom is -0.388 e. The van der Waals surface area contributed by atoms with Crippen LogP contribution >= 0.6 is 0 Å². The summed E-state index contributed by atoms with van der Waals surface area (Å²) < 4.78 is 0. The van der Waals surface area contributed by atoms with Gasteiger partial charge in [-0.15, -0.1) is 0 Å². The number of hydrogen-bond donors (Lipinski definition) is 1. The van der Waals surface area contributed by atoms with Gasteiger partial charge in [-0.05, 0) is 5.56 Å². The number of aliphatic hydroxyl groups excluding tert-OH is 1. The van der Waals surface area contributed by atoms with E-state index >= 15 is 0 Å². The fourth-order valence-corrected chi connectivity index (χ4v) is 1.71. The van der Waals surface area contributed by atoms with Gasteiger partial charge in [-0.1, -0.05) is 60.7 Å². The summed E-state index contributed by atoms with van der Waals surface area (Å²) in [6, 6.07) is 18.3. The second-order valence-corrected chi connectivity index (χ2v) is 3.92. The third kappa shape index (κ3) is 3.02. The molecule has 0 aliphatic rings. The molecule has 0 aliphatic heterocycles. The first-order chi connectivity index (χ1) is 8.27. The number of aliphatic hydroxyl groups is 1. The lowest BCUT2D eigenvalue weighted by atomic mass is 10.0. The molecule has 0 aromatic heterocycles. The lowest BCUT2D eigenvalue weighted by Crippen LogP contribution is -2.06. The molecule has 0 fully saturated rings. The molecule has 0 unspecified atom stereocenters. The van der Waals surface area contributed by atoms with Crippen LogP contribution in [0.5, 0.6) is 0 Å². The first-order valence-electron chi connectivity index (χ1n) is 5.58. The molecule has 2 heteroatoms. The number of benzene rings is 2. The van der Waals surface area contributed by atoms with Crippen LogP contribution in [-0.2, 0) is 0 Å². The predicted octanol–water partition coefficient (Wildman–Crippen LogP) is 2.99. The molecule has 2 nitrogen and oxygen atoms in total. The number of ketones is 1. The molecular weight excluding hydrogens is 212 g/mol. The van der Waals surface area contributed by atoms with Crippen molar-refractivity contribution in [3.05, 3.63) is 71.8 Å². The van der Waals surface area contributed by atoms with Gasteiger partial charge in [-0.3, -0.25) is 4.79 Å². The number of carbonyl (C=O) groups is 1. The zero-order valence-corrected chi connectivity index (χ0v) is 9.41. The molecule has 0 spiro atoms. The van der Waals surface area contributed by atoms with Crippen LogP contribution in [0.25, 0.3) is 0 Å². The smallest absolute Gasteiger partial charge is 0.165 e. The molecule has 1 atom stereocenters. The van der Waals surface area contributed by atoms with Gasteiger partial charge >= 0.3 is 0 Å². The molecule has 0 amide bonds. The number of carbonyl (C=O) groups excluding carboxylic acids is 1. The van der Waals surface area contributed by atoms with E-state index in [-0.39, 0.29) is 12.2 Å². The van der Waals surface area contributed by atoms with E-state index < -0.39 is 6.10 Å². The Labute approximate surface area is 101 Å². The molecule has 0 aliphatic carbocycles. The van der Waals surface area contributed by atoms with Crippen LogP contribution in [0.3, 0.4) is 0 Å². The Bertz CT molecular complexity index is 477. The van der Waals surface area contributed by atoms with Crippen LogP contribution in [0.2, 0.25) is 0 Å². The molecular formula is C15H14O2. The SMILES string of the molecule is O=C(C[C@@H](O)c1ccccc1)c1ccccc1. The highest BCUT2D eigenvalue weighted by Gasteiger charge is 2.13. The van der Waals surface area contributed by atoms with Gasteiger partial charge in [0.15, 0.2) is 5.78 Å². The van der Waals surface area contributed by atoms with E-state index in [0.717, 1.165) is 5.56 Å². The van der Waals surface area contributed by atoms with Gasteiger partial charge < -0.3 is 5.11 Å². The maximum atomic E-state index is 11.9. The Morgan fingerprint density at radius 2 is 1.47 bits per heavy atom. The summed E-state index contributed by atoms with van der Waals surface area (Å²) in [5.74, 6) is -0.0399. The lowest BCUT2D eigenvalue weighted by Gasteiger charge is -2.09. The first-order valence-corrected chi connectivity index (χ1v) is 5.58. The molecule has 0 bridgehead atoms. The average molecular weight is 226 g/mol. The van der Waals surface area contributed by atoms with Crippen LogP contribution in [0.15, 0.2) is 60.7 Å². The molecule has 17 heavy (non-hydrogen) atoms. The topological polar surface area (TPSA) is 37.3 Å². The molecule has 2 rings (SSSR count). The summed E-state index contributed by atoms with van der Waals surface area (Å²) >= 11 is 0. The molecule has 2 aromatic carbocycles. The Morgan fingerprint density at radius 1 is 0.941 bits per heavy atom. The number of hydrogen-bond acceptors (Lipinski definition) is 2. The fourth-order valence-electron chi connectivity index (χ4n) is 1.71. The Morgan fingerprint density at radius 3 is 2.06 bits per heavy atom. The number of rotatable bonds is 4. The molecule has 0 radical (unpaired) electrons. The molecule has 2 aromatic rings. The van der Waals surface area contributed by atoms with Crippen molar-refractivity contribution in [2.45, 2.75) is 12.5 Å². The second-order valence-electron chi connectivity index (χ2n) is 3.92. The maximum absolute atomic E-state index is 11.9. The Hall–Kier alpha value is -1.93. The molecule has 1 N–H and O–H groups in total. The van der Waals surface area contributed by atoms with Crippen LogP contribution in [-0.4, -0.2) is 10.9 Å². The van der Waals surface area contributed by atoms with E-state index in [2.05, 4.69) is 0 Å². The minimum atomic E-state index is -0.732. The zero-order valence-electron chi connectivity index (χ0n) is 9.41. The van der Waals surface area contributed by atoms with Gasteiger partial charge in [-0.2, -0.15) is 0 Å². The van der Waals surface area contributed by atoms with E-state index in [4.69, 9.17) is 0 Å². The van der Waals surface area contributed by atoms with E-state index in [0.29, 0.717) is 5.56 Å². The standard InChI is InChI=1S/C15H14O2/c16-14(12-7-3-1-4-8-12)11-15(17)13-9-5-2-6-10-13/h1-10,14,16H,11H2/t14-/m1/s1. The van der Waals surface area contributed by atoms with Crippen molar-refractivity contribution in [3.63, 3.8) is 0 Å². The van der Waals surface area contributed by atoms with E-state index in [1.807, 2.05) is 48.5 Å². The van der Waals surface area contributed by atoms with Gasteiger partial charge in [0.1, 0.15) is 0 Å². The summed E-state index contributed by atoms with van der Waals surface area (Å²) in [6.45, 7) is 0. The van der Waals surface area contributed by atoms with E-state index in [9.17, 15) is 9.90 Å². The molecule has 0 heterocycles. The van der Waals surface area contributed by atoms with Crippen LogP contribution in [0.4, 0.5) is 0 Å². The van der Waals surface area contributed by atoms with Crippen LogP contribution in [0, 0.1) is 0 Å². The average Bonchev–Trinajstić information content (AvgIpc) is 2.40. The first kappa shape index (κ1) is 11.6. The van der Waals surface area contributed by atoms with Crippen molar-refractivity contribution < 1.29 is 9.90 Å². The van der Waals surface area contributed by atoms with Crippen molar-refractivity contribution >= 4 is 5.78 Å². The summed E-state index contributed by atoms with van der Waals surface area (Å²) in [5.41, 5.74) is 1.42. The Balaban J connectivity index is 2.05. The monoisotopic (exact) mass is 226 g/mol. The van der Waals surface area contributed by atoms with Crippen molar-refractivity contribution in [3.8, 4) is 0 Å². The van der Waals surface area contributed by atoms with E-state index in [1.54, 1.807) is 12.1 Å². The second kappa shape index (κ2) is 5.41. The molecule has 0 saturated heterocycles. The Kier molecular flexibility index (Phi) is 3.68. The summed E-state index contributed by atoms with van der Waals surface area (Å²) in [4.78, 5) is 11.9. The van der Waals surface area contributed by atoms with Crippen molar-refractivity contribution in [2.75, 3.05) is 0 Å².